The van der Waals surface area contributed by atoms with Gasteiger partial charge in [-0.3, -0.25) is 10.1 Å². The van der Waals surface area contributed by atoms with E-state index in [2.05, 4.69) is 22.1 Å². The molecular weight excluding hydrogens is 318 g/mol. The molecule has 0 aliphatic heterocycles. The molecule has 0 fully saturated rings. The molecule has 0 aliphatic carbocycles. The maximum atomic E-state index is 11.9. The summed E-state index contributed by atoms with van der Waals surface area (Å²) in [6.45, 7) is 7.50. The Morgan fingerprint density at radius 3 is 2.82 bits per heavy atom. The lowest BCUT2D eigenvalue weighted by Crippen LogP contribution is -2.20. The van der Waals surface area contributed by atoms with Crippen molar-refractivity contribution in [2.75, 3.05) is 17.7 Å². The van der Waals surface area contributed by atoms with E-state index < -0.39 is 0 Å². The number of anilines is 1. The van der Waals surface area contributed by atoms with Gasteiger partial charge in [-0.1, -0.05) is 47.4 Å². The Balaban J connectivity index is 1.88. The quantitative estimate of drug-likeness (QED) is 0.477. The van der Waals surface area contributed by atoms with Crippen LogP contribution in [0.1, 0.15) is 11.1 Å². The topological polar surface area (TPSA) is 64.1 Å². The lowest BCUT2D eigenvalue weighted by molar-refractivity contribution is -0.118. The van der Waals surface area contributed by atoms with Crippen molar-refractivity contribution in [1.82, 2.24) is 10.2 Å². The van der Waals surface area contributed by atoms with Gasteiger partial charge in [0.25, 0.3) is 5.91 Å². The summed E-state index contributed by atoms with van der Waals surface area (Å²) in [5.74, 6) is 1.26. The third kappa shape index (κ3) is 4.57. The van der Waals surface area contributed by atoms with Crippen LogP contribution in [0.15, 0.2) is 35.2 Å². The van der Waals surface area contributed by atoms with Crippen LogP contribution >= 0.6 is 23.1 Å². The predicted molar refractivity (Wildman–Crippen MR) is 90.9 cm³/mol. The van der Waals surface area contributed by atoms with Crippen LogP contribution in [0.4, 0.5) is 5.13 Å². The van der Waals surface area contributed by atoms with Gasteiger partial charge in [0, 0.05) is 5.75 Å². The first-order valence-electron chi connectivity index (χ1n) is 6.66. The lowest BCUT2D eigenvalue weighted by Gasteiger charge is -2.11. The van der Waals surface area contributed by atoms with Crippen molar-refractivity contribution in [3.63, 3.8) is 0 Å². The highest BCUT2D eigenvalue weighted by Crippen LogP contribution is 2.25. The second-order valence-corrected chi connectivity index (χ2v) is 6.78. The molecule has 2 rings (SSSR count). The fourth-order valence-electron chi connectivity index (χ4n) is 1.77. The number of nitrogens with one attached hydrogen (secondary N) is 1. The second kappa shape index (κ2) is 7.95. The van der Waals surface area contributed by atoms with E-state index in [0.29, 0.717) is 5.13 Å². The van der Waals surface area contributed by atoms with Crippen LogP contribution in [0.5, 0.6) is 5.75 Å². The van der Waals surface area contributed by atoms with Crippen molar-refractivity contribution in [1.29, 1.82) is 0 Å². The van der Waals surface area contributed by atoms with Gasteiger partial charge in [-0.15, -0.1) is 16.8 Å². The zero-order valence-electron chi connectivity index (χ0n) is 12.5. The molecule has 0 saturated heterocycles. The Labute approximate surface area is 137 Å². The molecule has 1 aromatic heterocycles. The third-order valence-electron chi connectivity index (χ3n) is 2.73. The number of aromatic nitrogens is 2. The van der Waals surface area contributed by atoms with Crippen LogP contribution < -0.4 is 10.1 Å². The Hall–Kier alpha value is -1.86. The lowest BCUT2D eigenvalue weighted by atomic mass is 10.1. The molecule has 0 aliphatic rings. The summed E-state index contributed by atoms with van der Waals surface area (Å²) < 4.78 is 6.40. The Kier molecular flexibility index (Phi) is 5.97. The van der Waals surface area contributed by atoms with Gasteiger partial charge in [0.15, 0.2) is 10.9 Å². The van der Waals surface area contributed by atoms with E-state index in [1.165, 1.54) is 23.1 Å². The number of amides is 1. The first-order chi connectivity index (χ1) is 10.6. The largest absolute Gasteiger partial charge is 0.483 e. The number of rotatable bonds is 7. The Morgan fingerprint density at radius 2 is 2.14 bits per heavy atom. The number of benzene rings is 1. The monoisotopic (exact) mass is 335 g/mol. The van der Waals surface area contributed by atoms with Crippen molar-refractivity contribution in [2.45, 2.75) is 18.2 Å². The molecule has 1 aromatic carbocycles. The highest BCUT2D eigenvalue weighted by Gasteiger charge is 2.10. The molecule has 0 saturated carbocycles. The zero-order valence-corrected chi connectivity index (χ0v) is 14.1. The van der Waals surface area contributed by atoms with Crippen molar-refractivity contribution < 1.29 is 9.53 Å². The van der Waals surface area contributed by atoms with Crippen molar-refractivity contribution in [2.24, 2.45) is 0 Å². The average Bonchev–Trinajstić information content (AvgIpc) is 2.92. The van der Waals surface area contributed by atoms with Gasteiger partial charge >= 0.3 is 0 Å². The van der Waals surface area contributed by atoms with Gasteiger partial charge < -0.3 is 4.74 Å². The van der Waals surface area contributed by atoms with E-state index in [1.807, 2.05) is 32.0 Å². The maximum Gasteiger partial charge on any atom is 0.264 e. The Morgan fingerprint density at radius 1 is 1.41 bits per heavy atom. The molecule has 0 atom stereocenters. The molecule has 5 nitrogen and oxygen atoms in total. The number of thioether (sulfide) groups is 1. The van der Waals surface area contributed by atoms with Gasteiger partial charge in [-0.25, -0.2) is 0 Å². The molecule has 116 valence electrons. The molecule has 1 N–H and O–H groups in total. The van der Waals surface area contributed by atoms with E-state index in [-0.39, 0.29) is 12.5 Å². The highest BCUT2D eigenvalue weighted by atomic mass is 32.2. The minimum absolute atomic E-state index is 0.0552. The number of carbonyl (C=O) groups is 1. The van der Waals surface area contributed by atoms with E-state index in [0.717, 1.165) is 27.0 Å². The predicted octanol–water partition coefficient (Wildman–Crippen LogP) is 3.45. The summed E-state index contributed by atoms with van der Waals surface area (Å²) in [6, 6.07) is 5.86. The normalized spacial score (nSPS) is 10.3. The number of ether oxygens (including phenoxy) is 1. The number of carbonyl (C=O) groups excluding carboxylic acids is 1. The molecule has 0 bridgehead atoms. The summed E-state index contributed by atoms with van der Waals surface area (Å²) in [5, 5.41) is 11.1. The van der Waals surface area contributed by atoms with Crippen LogP contribution in [-0.2, 0) is 4.79 Å². The first kappa shape index (κ1) is 16.5. The van der Waals surface area contributed by atoms with Gasteiger partial charge in [0.2, 0.25) is 5.13 Å². The number of nitrogens with zero attached hydrogens (tertiary/aromatic N) is 2. The third-order valence-corrected chi connectivity index (χ3v) is 4.70. The van der Waals surface area contributed by atoms with Crippen molar-refractivity contribution in [3.05, 3.63) is 42.0 Å². The van der Waals surface area contributed by atoms with Crippen LogP contribution in [0.2, 0.25) is 0 Å². The molecule has 0 unspecified atom stereocenters. The molecule has 0 radical (unpaired) electrons. The van der Waals surface area contributed by atoms with E-state index in [4.69, 9.17) is 4.74 Å². The number of hydrogen-bond donors (Lipinski definition) is 1. The molecule has 1 amide bonds. The van der Waals surface area contributed by atoms with Crippen LogP contribution in [0, 0.1) is 13.8 Å². The average molecular weight is 335 g/mol. The van der Waals surface area contributed by atoms with Crippen LogP contribution in [0.25, 0.3) is 0 Å². The van der Waals surface area contributed by atoms with E-state index in [9.17, 15) is 4.79 Å². The fraction of sp³-hybridized carbons (Fsp3) is 0.267. The van der Waals surface area contributed by atoms with E-state index in [1.54, 1.807) is 6.08 Å². The minimum atomic E-state index is -0.251. The van der Waals surface area contributed by atoms with Gasteiger partial charge in [-0.05, 0) is 25.0 Å². The molecule has 0 spiro atoms. The fourth-order valence-corrected chi connectivity index (χ4v) is 3.30. The highest BCUT2D eigenvalue weighted by molar-refractivity contribution is 8.01. The standard InChI is InChI=1S/C15H17N3O2S2/c1-4-8-21-15-18-17-14(22-15)16-12(19)9-20-13-10(2)6-5-7-11(13)3/h4-7H,1,8-9H2,2-3H3,(H,16,17,19). The van der Waals surface area contributed by atoms with Gasteiger partial charge in [0.05, 0.1) is 0 Å². The van der Waals surface area contributed by atoms with Crippen LogP contribution in [-0.4, -0.2) is 28.5 Å². The summed E-state index contributed by atoms with van der Waals surface area (Å²) in [6.07, 6.45) is 1.79. The first-order valence-corrected chi connectivity index (χ1v) is 8.46. The second-order valence-electron chi connectivity index (χ2n) is 4.53. The smallest absolute Gasteiger partial charge is 0.264 e. The SMILES string of the molecule is C=CCSc1nnc(NC(=O)COc2c(C)cccc2C)s1. The minimum Gasteiger partial charge on any atom is -0.483 e. The van der Waals surface area contributed by atoms with Crippen molar-refractivity contribution >= 4 is 34.1 Å². The number of hydrogen-bond acceptors (Lipinski definition) is 6. The van der Waals surface area contributed by atoms with Crippen LogP contribution in [0.3, 0.4) is 0 Å². The summed E-state index contributed by atoms with van der Waals surface area (Å²) in [4.78, 5) is 11.9. The molecule has 2 aromatic rings. The van der Waals surface area contributed by atoms with Gasteiger partial charge in [-0.2, -0.15) is 0 Å². The summed E-state index contributed by atoms with van der Waals surface area (Å²) >= 11 is 2.86. The van der Waals surface area contributed by atoms with E-state index >= 15 is 0 Å². The van der Waals surface area contributed by atoms with Gasteiger partial charge in [0.1, 0.15) is 5.75 Å². The molecule has 22 heavy (non-hydrogen) atoms. The molecular formula is C15H17N3O2S2. The van der Waals surface area contributed by atoms with Crippen molar-refractivity contribution in [3.8, 4) is 5.75 Å². The summed E-state index contributed by atoms with van der Waals surface area (Å²) in [5.41, 5.74) is 2.01. The maximum absolute atomic E-state index is 11.9. The zero-order chi connectivity index (χ0) is 15.9. The number of aryl methyl sites for hydroxylation is 2. The molecule has 1 heterocycles. The summed E-state index contributed by atoms with van der Waals surface area (Å²) in [7, 11) is 0. The number of para-hydroxylation sites is 1. The Bertz CT molecular complexity index is 650. The molecule has 7 heteroatoms.